The molecule has 0 saturated heterocycles. The smallest absolute Gasteiger partial charge is 0.318 e. The number of rotatable bonds is 6. The van der Waals surface area contributed by atoms with E-state index < -0.39 is 5.60 Å². The normalized spacial score (nSPS) is 12.7. The summed E-state index contributed by atoms with van der Waals surface area (Å²) in [4.78, 5) is 18.7. The summed E-state index contributed by atoms with van der Waals surface area (Å²) in [5.74, 6) is 0. The third-order valence-electron chi connectivity index (χ3n) is 3.43. The Morgan fingerprint density at radius 1 is 1.38 bits per heavy atom. The van der Waals surface area contributed by atoms with Crippen LogP contribution >= 0.6 is 11.3 Å². The quantitative estimate of drug-likeness (QED) is 0.840. The molecule has 1 aromatic heterocycles. The number of aliphatic hydroxyl groups is 1. The van der Waals surface area contributed by atoms with Gasteiger partial charge in [0, 0.05) is 17.6 Å². The van der Waals surface area contributed by atoms with Crippen LogP contribution in [0.15, 0.2) is 35.7 Å². The van der Waals surface area contributed by atoms with E-state index in [0.717, 1.165) is 16.3 Å². The van der Waals surface area contributed by atoms with E-state index in [0.29, 0.717) is 6.54 Å². The molecule has 0 saturated carbocycles. The van der Waals surface area contributed by atoms with Crippen molar-refractivity contribution >= 4 is 17.4 Å². The number of amides is 2. The van der Waals surface area contributed by atoms with E-state index in [1.54, 1.807) is 18.7 Å². The molecule has 24 heavy (non-hydrogen) atoms. The molecule has 0 fully saturated rings. The van der Waals surface area contributed by atoms with Crippen molar-refractivity contribution in [2.45, 2.75) is 45.9 Å². The largest absolute Gasteiger partial charge is 0.389 e. The zero-order valence-electron chi connectivity index (χ0n) is 14.6. The summed E-state index contributed by atoms with van der Waals surface area (Å²) in [5, 5.41) is 16.0. The summed E-state index contributed by atoms with van der Waals surface area (Å²) in [5.41, 5.74) is 1.01. The molecule has 0 aliphatic carbocycles. The van der Waals surface area contributed by atoms with E-state index in [1.807, 2.05) is 49.6 Å². The topological polar surface area (TPSA) is 65.5 Å². The highest BCUT2D eigenvalue weighted by molar-refractivity contribution is 7.09. The number of aryl methyl sites for hydroxylation is 1. The van der Waals surface area contributed by atoms with Crippen LogP contribution in [0, 0.1) is 6.92 Å². The molecule has 2 aromatic rings. The Kier molecular flexibility index (Phi) is 5.96. The Hall–Kier alpha value is -1.92. The summed E-state index contributed by atoms with van der Waals surface area (Å²) in [6.45, 7) is 7.95. The number of carbonyl (C=O) groups is 1. The Morgan fingerprint density at radius 2 is 2.04 bits per heavy atom. The zero-order valence-corrected chi connectivity index (χ0v) is 15.4. The van der Waals surface area contributed by atoms with Crippen LogP contribution in [0.5, 0.6) is 0 Å². The van der Waals surface area contributed by atoms with Crippen molar-refractivity contribution in [1.29, 1.82) is 0 Å². The molecule has 0 bridgehead atoms. The van der Waals surface area contributed by atoms with E-state index in [9.17, 15) is 9.90 Å². The lowest BCUT2D eigenvalue weighted by Gasteiger charge is -2.30. The van der Waals surface area contributed by atoms with Crippen LogP contribution in [0.3, 0.4) is 0 Å². The lowest BCUT2D eigenvalue weighted by molar-refractivity contribution is 0.0443. The summed E-state index contributed by atoms with van der Waals surface area (Å²) in [7, 11) is 0. The van der Waals surface area contributed by atoms with Crippen molar-refractivity contribution in [3.8, 4) is 0 Å². The molecule has 130 valence electrons. The van der Waals surface area contributed by atoms with Gasteiger partial charge in [-0.25, -0.2) is 9.78 Å². The maximum Gasteiger partial charge on any atom is 0.318 e. The number of nitrogens with zero attached hydrogens (tertiary/aromatic N) is 2. The molecule has 0 aliphatic heterocycles. The van der Waals surface area contributed by atoms with E-state index in [1.165, 1.54) is 11.3 Å². The van der Waals surface area contributed by atoms with Crippen LogP contribution in [0.4, 0.5) is 4.79 Å². The molecule has 1 atom stereocenters. The average Bonchev–Trinajstić information content (AvgIpc) is 2.93. The van der Waals surface area contributed by atoms with Crippen LogP contribution in [0.2, 0.25) is 0 Å². The molecule has 1 heterocycles. The maximum absolute atomic E-state index is 12.7. The van der Waals surface area contributed by atoms with Gasteiger partial charge in [0.25, 0.3) is 0 Å². The van der Waals surface area contributed by atoms with Gasteiger partial charge in [0.1, 0.15) is 5.01 Å². The first-order valence-corrected chi connectivity index (χ1v) is 8.86. The highest BCUT2D eigenvalue weighted by Crippen LogP contribution is 2.18. The van der Waals surface area contributed by atoms with Crippen molar-refractivity contribution in [2.24, 2.45) is 0 Å². The molecule has 6 heteroatoms. The Labute approximate surface area is 147 Å². The molecule has 2 rings (SSSR count). The second-order valence-corrected chi connectivity index (χ2v) is 7.54. The number of thiazole rings is 1. The zero-order chi connectivity index (χ0) is 17.7. The Balaban J connectivity index is 2.08. The van der Waals surface area contributed by atoms with E-state index in [2.05, 4.69) is 10.3 Å². The van der Waals surface area contributed by atoms with E-state index >= 15 is 0 Å². The van der Waals surface area contributed by atoms with Gasteiger partial charge >= 0.3 is 6.03 Å². The van der Waals surface area contributed by atoms with E-state index in [4.69, 9.17) is 0 Å². The lowest BCUT2D eigenvalue weighted by atomic mass is 10.1. The van der Waals surface area contributed by atoms with Gasteiger partial charge in [-0.05, 0) is 33.3 Å². The molecule has 5 nitrogen and oxygen atoms in total. The number of hydrogen-bond acceptors (Lipinski definition) is 4. The van der Waals surface area contributed by atoms with Gasteiger partial charge in [0.05, 0.1) is 18.2 Å². The number of benzene rings is 1. The molecule has 0 unspecified atom stereocenters. The SMILES string of the molecule is Cc1csc([C@H](C)NC(=O)N(Cc2ccccc2)CC(C)(C)O)n1. The van der Waals surface area contributed by atoms with Gasteiger partial charge in [0.15, 0.2) is 0 Å². The maximum atomic E-state index is 12.7. The second-order valence-electron chi connectivity index (χ2n) is 6.65. The fourth-order valence-corrected chi connectivity index (χ4v) is 3.18. The van der Waals surface area contributed by atoms with Crippen LogP contribution in [-0.4, -0.2) is 33.2 Å². The summed E-state index contributed by atoms with van der Waals surface area (Å²) in [6.07, 6.45) is 0. The monoisotopic (exact) mass is 347 g/mol. The standard InChI is InChI=1S/C18H25N3O2S/c1-13-11-24-16(19-13)14(2)20-17(22)21(12-18(3,4)23)10-15-8-6-5-7-9-15/h5-9,11,14,23H,10,12H2,1-4H3,(H,20,22)/t14-/m0/s1. The second kappa shape index (κ2) is 7.77. The Morgan fingerprint density at radius 3 is 2.58 bits per heavy atom. The van der Waals surface area contributed by atoms with Gasteiger partial charge in [-0.3, -0.25) is 0 Å². The molecular weight excluding hydrogens is 322 g/mol. The third-order valence-corrected chi connectivity index (χ3v) is 4.57. The first-order chi connectivity index (χ1) is 11.2. The molecule has 0 radical (unpaired) electrons. The van der Waals surface area contributed by atoms with Crippen LogP contribution in [0.1, 0.15) is 43.1 Å². The van der Waals surface area contributed by atoms with Crippen molar-refractivity contribution in [1.82, 2.24) is 15.2 Å². The number of aromatic nitrogens is 1. The minimum Gasteiger partial charge on any atom is -0.389 e. The van der Waals surface area contributed by atoms with Gasteiger partial charge < -0.3 is 15.3 Å². The highest BCUT2D eigenvalue weighted by Gasteiger charge is 2.24. The van der Waals surface area contributed by atoms with Gasteiger partial charge in [-0.15, -0.1) is 11.3 Å². The number of hydrogen-bond donors (Lipinski definition) is 2. The van der Waals surface area contributed by atoms with Crippen LogP contribution < -0.4 is 5.32 Å². The number of carbonyl (C=O) groups excluding carboxylic acids is 1. The first kappa shape index (κ1) is 18.4. The van der Waals surface area contributed by atoms with Crippen molar-refractivity contribution in [3.05, 3.63) is 52.0 Å². The van der Waals surface area contributed by atoms with Crippen LogP contribution in [-0.2, 0) is 6.54 Å². The predicted molar refractivity (Wildman–Crippen MR) is 96.9 cm³/mol. The predicted octanol–water partition coefficient (Wildman–Crippen LogP) is 3.50. The molecule has 2 N–H and O–H groups in total. The minimum atomic E-state index is -0.965. The van der Waals surface area contributed by atoms with Gasteiger partial charge in [-0.2, -0.15) is 0 Å². The number of urea groups is 1. The fourth-order valence-electron chi connectivity index (χ4n) is 2.38. The minimum absolute atomic E-state index is 0.170. The lowest BCUT2D eigenvalue weighted by Crippen LogP contribution is -2.47. The third kappa shape index (κ3) is 5.62. The molecule has 2 amide bonds. The first-order valence-electron chi connectivity index (χ1n) is 7.98. The number of nitrogens with one attached hydrogen (secondary N) is 1. The highest BCUT2D eigenvalue weighted by atomic mass is 32.1. The van der Waals surface area contributed by atoms with E-state index in [-0.39, 0.29) is 18.6 Å². The van der Waals surface area contributed by atoms with Crippen LogP contribution in [0.25, 0.3) is 0 Å². The Bertz CT molecular complexity index is 664. The van der Waals surface area contributed by atoms with Crippen molar-refractivity contribution < 1.29 is 9.90 Å². The van der Waals surface area contributed by atoms with Gasteiger partial charge in [-0.1, -0.05) is 30.3 Å². The van der Waals surface area contributed by atoms with Crippen molar-refractivity contribution in [3.63, 3.8) is 0 Å². The summed E-state index contributed by atoms with van der Waals surface area (Å²) >= 11 is 1.53. The van der Waals surface area contributed by atoms with Crippen molar-refractivity contribution in [2.75, 3.05) is 6.54 Å². The fraction of sp³-hybridized carbons (Fsp3) is 0.444. The molecule has 0 aliphatic rings. The van der Waals surface area contributed by atoms with Gasteiger partial charge in [0.2, 0.25) is 0 Å². The summed E-state index contributed by atoms with van der Waals surface area (Å²) in [6, 6.07) is 9.39. The summed E-state index contributed by atoms with van der Waals surface area (Å²) < 4.78 is 0. The molecule has 0 spiro atoms. The average molecular weight is 347 g/mol. The molecular formula is C18H25N3O2S. The molecule has 1 aromatic carbocycles.